The minimum Gasteiger partial charge on any atom is -0.376 e. The van der Waals surface area contributed by atoms with E-state index in [9.17, 15) is 19.2 Å². The van der Waals surface area contributed by atoms with Crippen LogP contribution in [0.4, 0.5) is 0 Å². The first-order valence-electron chi connectivity index (χ1n) is 8.27. The summed E-state index contributed by atoms with van der Waals surface area (Å²) in [5.41, 5.74) is -0.168. The summed E-state index contributed by atoms with van der Waals surface area (Å²) in [6, 6.07) is 0. The highest BCUT2D eigenvalue weighted by Crippen LogP contribution is 2.14. The molecule has 0 aromatic carbocycles. The monoisotopic (exact) mass is 468 g/mol. The topological polar surface area (TPSA) is 93.2 Å². The van der Waals surface area contributed by atoms with Crippen LogP contribution in [0, 0.1) is 0 Å². The summed E-state index contributed by atoms with van der Waals surface area (Å²) in [6.07, 6.45) is 1.52. The predicted molar refractivity (Wildman–Crippen MR) is 97.1 cm³/mol. The molecule has 0 bridgehead atoms. The molecule has 0 unspecified atom stereocenters. The van der Waals surface area contributed by atoms with Gasteiger partial charge in [0.2, 0.25) is 5.91 Å². The molecule has 0 radical (unpaired) electrons. The summed E-state index contributed by atoms with van der Waals surface area (Å²) in [6.45, 7) is 7.16. The van der Waals surface area contributed by atoms with Gasteiger partial charge in [-0.05, 0) is 33.6 Å². The molecular formula is C16H25IN2O6. The fraction of sp³-hybridized carbons (Fsp3) is 0.750. The minimum absolute atomic E-state index is 0.0313. The fourth-order valence-corrected chi connectivity index (χ4v) is 2.57. The van der Waals surface area contributed by atoms with Crippen molar-refractivity contribution in [3.8, 4) is 0 Å². The fourth-order valence-electron chi connectivity index (χ4n) is 1.99. The average molecular weight is 468 g/mol. The van der Waals surface area contributed by atoms with E-state index in [2.05, 4.69) is 0 Å². The quantitative estimate of drug-likeness (QED) is 0.223. The van der Waals surface area contributed by atoms with Gasteiger partial charge in [-0.15, -0.1) is 5.06 Å². The van der Waals surface area contributed by atoms with Crippen LogP contribution in [0.5, 0.6) is 0 Å². The van der Waals surface area contributed by atoms with Gasteiger partial charge in [-0.25, -0.2) is 4.79 Å². The number of ether oxygens (including phenoxy) is 1. The van der Waals surface area contributed by atoms with Gasteiger partial charge in [0.25, 0.3) is 11.8 Å². The number of hydrogen-bond acceptors (Lipinski definition) is 6. The summed E-state index contributed by atoms with van der Waals surface area (Å²) in [4.78, 5) is 51.0. The number of unbranched alkanes of at least 4 members (excludes halogenated alkanes) is 1. The second-order valence-corrected chi connectivity index (χ2v) is 7.86. The third-order valence-corrected chi connectivity index (χ3v) is 4.32. The van der Waals surface area contributed by atoms with Crippen LogP contribution in [0.3, 0.4) is 0 Å². The van der Waals surface area contributed by atoms with Gasteiger partial charge in [0.05, 0.1) is 34.9 Å². The second-order valence-electron chi connectivity index (χ2n) is 6.69. The van der Waals surface area contributed by atoms with E-state index >= 15 is 0 Å². The normalized spacial score (nSPS) is 14.8. The molecule has 1 saturated heterocycles. The Bertz CT molecular complexity index is 501. The molecule has 0 N–H and O–H groups in total. The average Bonchev–Trinajstić information content (AvgIpc) is 2.82. The van der Waals surface area contributed by atoms with Crippen LogP contribution in [0.15, 0.2) is 0 Å². The molecule has 1 rings (SSSR count). The van der Waals surface area contributed by atoms with Gasteiger partial charge in [0.1, 0.15) is 0 Å². The van der Waals surface area contributed by atoms with Gasteiger partial charge in [0, 0.05) is 32.4 Å². The van der Waals surface area contributed by atoms with Crippen LogP contribution in [0.25, 0.3) is 0 Å². The van der Waals surface area contributed by atoms with E-state index in [-0.39, 0.29) is 37.2 Å². The van der Waals surface area contributed by atoms with Crippen LogP contribution >= 0.6 is 22.9 Å². The Hall–Kier alpha value is -1.23. The molecule has 8 nitrogen and oxygen atoms in total. The number of rotatable bonds is 9. The van der Waals surface area contributed by atoms with Crippen LogP contribution in [-0.4, -0.2) is 50.6 Å². The highest BCUT2D eigenvalue weighted by atomic mass is 127. The number of hydrogen-bond donors (Lipinski definition) is 0. The van der Waals surface area contributed by atoms with E-state index in [0.717, 1.165) is 12.8 Å². The van der Waals surface area contributed by atoms with Gasteiger partial charge in [-0.2, -0.15) is 0 Å². The van der Waals surface area contributed by atoms with Crippen molar-refractivity contribution in [3.05, 3.63) is 0 Å². The van der Waals surface area contributed by atoms with Crippen molar-refractivity contribution in [2.45, 2.75) is 64.9 Å². The Kier molecular flexibility index (Phi) is 8.77. The van der Waals surface area contributed by atoms with Crippen molar-refractivity contribution in [1.82, 2.24) is 8.18 Å². The van der Waals surface area contributed by atoms with Gasteiger partial charge in [-0.1, -0.05) is 0 Å². The molecule has 0 aromatic heterocycles. The van der Waals surface area contributed by atoms with Crippen molar-refractivity contribution >= 4 is 46.6 Å². The van der Waals surface area contributed by atoms with E-state index in [1.807, 2.05) is 43.6 Å². The van der Waals surface area contributed by atoms with Crippen LogP contribution < -0.4 is 0 Å². The molecule has 0 aliphatic carbocycles. The molecule has 1 aliphatic rings. The maximum absolute atomic E-state index is 12.0. The van der Waals surface area contributed by atoms with Crippen molar-refractivity contribution in [2.75, 3.05) is 13.2 Å². The lowest BCUT2D eigenvalue weighted by Crippen LogP contribution is -2.32. The first-order chi connectivity index (χ1) is 11.6. The summed E-state index contributed by atoms with van der Waals surface area (Å²) >= 11 is 1.91. The number of carbonyl (C=O) groups excluding carboxylic acids is 4. The smallest absolute Gasteiger partial charge is 0.333 e. The van der Waals surface area contributed by atoms with Crippen molar-refractivity contribution in [2.24, 2.45) is 0 Å². The van der Waals surface area contributed by atoms with Gasteiger partial charge in [0.15, 0.2) is 0 Å². The number of hydroxylamine groups is 2. The summed E-state index contributed by atoms with van der Waals surface area (Å²) in [5, 5.41) is 0.490. The molecule has 0 atom stereocenters. The van der Waals surface area contributed by atoms with Crippen molar-refractivity contribution in [3.63, 3.8) is 0 Å². The van der Waals surface area contributed by atoms with E-state index in [0.29, 0.717) is 18.2 Å². The Labute approximate surface area is 161 Å². The SMILES string of the molecule is CC(C)(C)OCCCCN(I)C(=O)CCC(=O)ON1C(=O)CCC1=O. The Morgan fingerprint density at radius 1 is 1.12 bits per heavy atom. The van der Waals surface area contributed by atoms with Crippen molar-refractivity contribution in [1.29, 1.82) is 0 Å². The maximum atomic E-state index is 12.0. The van der Waals surface area contributed by atoms with E-state index < -0.39 is 17.8 Å². The molecular weight excluding hydrogens is 443 g/mol. The zero-order chi connectivity index (χ0) is 19.0. The Morgan fingerprint density at radius 3 is 2.28 bits per heavy atom. The summed E-state index contributed by atoms with van der Waals surface area (Å²) < 4.78 is 7.13. The third kappa shape index (κ3) is 8.61. The molecule has 0 spiro atoms. The standard InChI is InChI=1S/C16H25IN2O6/c1-16(2,3)24-11-5-4-10-18(17)12(20)8-9-15(23)25-19-13(21)6-7-14(19)22/h4-11H2,1-3H3. The van der Waals surface area contributed by atoms with Crippen LogP contribution in [0.1, 0.15) is 59.3 Å². The van der Waals surface area contributed by atoms with Gasteiger partial charge in [-0.3, -0.25) is 17.5 Å². The maximum Gasteiger partial charge on any atom is 0.333 e. The van der Waals surface area contributed by atoms with Gasteiger partial charge < -0.3 is 9.57 Å². The molecule has 1 fully saturated rings. The highest BCUT2D eigenvalue weighted by molar-refractivity contribution is 14.1. The Balaban J connectivity index is 2.19. The van der Waals surface area contributed by atoms with Crippen LogP contribution in [-0.2, 0) is 28.8 Å². The number of amides is 3. The zero-order valence-electron chi connectivity index (χ0n) is 14.9. The molecule has 3 amide bonds. The van der Waals surface area contributed by atoms with E-state index in [1.165, 1.54) is 3.11 Å². The first-order valence-corrected chi connectivity index (χ1v) is 9.23. The summed E-state index contributed by atoms with van der Waals surface area (Å²) in [5.74, 6) is -2.02. The largest absolute Gasteiger partial charge is 0.376 e. The second kappa shape index (κ2) is 10.0. The molecule has 1 heterocycles. The van der Waals surface area contributed by atoms with Crippen LogP contribution in [0.2, 0.25) is 0 Å². The molecule has 9 heteroatoms. The first kappa shape index (κ1) is 21.8. The molecule has 25 heavy (non-hydrogen) atoms. The predicted octanol–water partition coefficient (Wildman–Crippen LogP) is 2.15. The van der Waals surface area contributed by atoms with Gasteiger partial charge >= 0.3 is 5.97 Å². The molecule has 0 saturated carbocycles. The van der Waals surface area contributed by atoms with E-state index in [1.54, 1.807) is 0 Å². The summed E-state index contributed by atoms with van der Waals surface area (Å²) in [7, 11) is 0. The van der Waals surface area contributed by atoms with E-state index in [4.69, 9.17) is 9.57 Å². The molecule has 1 aliphatic heterocycles. The zero-order valence-corrected chi connectivity index (χ0v) is 17.0. The molecule has 142 valence electrons. The lowest BCUT2D eigenvalue weighted by molar-refractivity contribution is -0.197. The lowest BCUT2D eigenvalue weighted by atomic mass is 10.2. The lowest BCUT2D eigenvalue weighted by Gasteiger charge is -2.20. The Morgan fingerprint density at radius 2 is 1.72 bits per heavy atom. The molecule has 0 aromatic rings. The minimum atomic E-state index is -0.764. The number of nitrogens with zero attached hydrogens (tertiary/aromatic N) is 2. The number of halogens is 1. The number of imide groups is 1. The van der Waals surface area contributed by atoms with Crippen molar-refractivity contribution < 1.29 is 28.8 Å². The third-order valence-electron chi connectivity index (χ3n) is 3.30. The highest BCUT2D eigenvalue weighted by Gasteiger charge is 2.32. The number of carbonyl (C=O) groups is 4.